The number of likely N-dealkylation sites (tertiary alicyclic amines) is 1. The molecule has 0 aliphatic carbocycles. The second-order valence-corrected chi connectivity index (χ2v) is 7.62. The number of alkyl halides is 6. The maximum atomic E-state index is 13.0. The number of nitrogens with zero attached hydrogens (tertiary/aromatic N) is 1. The Hall–Kier alpha value is -3.04. The van der Waals surface area contributed by atoms with Crippen molar-refractivity contribution in [2.75, 3.05) is 13.1 Å². The lowest BCUT2D eigenvalue weighted by atomic mass is 10.0. The van der Waals surface area contributed by atoms with Crippen molar-refractivity contribution in [2.24, 2.45) is 5.92 Å². The van der Waals surface area contributed by atoms with Gasteiger partial charge in [0, 0.05) is 26.1 Å². The van der Waals surface area contributed by atoms with Crippen molar-refractivity contribution in [1.82, 2.24) is 10.2 Å². The minimum atomic E-state index is -4.97. The van der Waals surface area contributed by atoms with Crippen LogP contribution in [0, 0.1) is 5.92 Å². The Morgan fingerprint density at radius 1 is 0.938 bits per heavy atom. The number of carbonyl (C=O) groups is 2. The van der Waals surface area contributed by atoms with Gasteiger partial charge in [0.2, 0.25) is 11.8 Å². The van der Waals surface area contributed by atoms with Crippen LogP contribution in [0.5, 0.6) is 0 Å². The molecule has 0 bridgehead atoms. The molecule has 1 saturated heterocycles. The van der Waals surface area contributed by atoms with Gasteiger partial charge < -0.3 is 10.2 Å². The van der Waals surface area contributed by atoms with Crippen LogP contribution in [0.1, 0.15) is 28.7 Å². The van der Waals surface area contributed by atoms with E-state index < -0.39 is 41.8 Å². The summed E-state index contributed by atoms with van der Waals surface area (Å²) in [7, 11) is 0. The Balaban J connectivity index is 1.64. The van der Waals surface area contributed by atoms with Gasteiger partial charge in [0.25, 0.3) is 0 Å². The van der Waals surface area contributed by atoms with Crippen LogP contribution in [-0.4, -0.2) is 29.8 Å². The summed E-state index contributed by atoms with van der Waals surface area (Å²) in [6.07, 6.45) is -9.50. The maximum Gasteiger partial charge on any atom is 0.416 e. The van der Waals surface area contributed by atoms with Crippen LogP contribution in [0.3, 0.4) is 0 Å². The van der Waals surface area contributed by atoms with Crippen molar-refractivity contribution >= 4 is 11.8 Å². The van der Waals surface area contributed by atoms with Gasteiger partial charge in [0.05, 0.1) is 17.0 Å². The summed E-state index contributed by atoms with van der Waals surface area (Å²) in [5.74, 6) is -1.60. The fraction of sp³-hybridized carbons (Fsp3) is 0.364. The van der Waals surface area contributed by atoms with E-state index >= 15 is 0 Å². The fourth-order valence-electron chi connectivity index (χ4n) is 3.55. The third-order valence-electron chi connectivity index (χ3n) is 5.16. The second kappa shape index (κ2) is 9.22. The number of rotatable bonds is 6. The Morgan fingerprint density at radius 2 is 1.53 bits per heavy atom. The number of halogens is 6. The van der Waals surface area contributed by atoms with Gasteiger partial charge in [0.15, 0.2) is 0 Å². The molecule has 1 N–H and O–H groups in total. The lowest BCUT2D eigenvalue weighted by Crippen LogP contribution is -2.34. The third-order valence-corrected chi connectivity index (χ3v) is 5.16. The fourth-order valence-corrected chi connectivity index (χ4v) is 3.55. The van der Waals surface area contributed by atoms with Crippen LogP contribution in [0.25, 0.3) is 0 Å². The zero-order chi connectivity index (χ0) is 23.5. The monoisotopic (exact) mass is 458 g/mol. The topological polar surface area (TPSA) is 49.4 Å². The van der Waals surface area contributed by atoms with E-state index in [0.717, 1.165) is 10.5 Å². The van der Waals surface area contributed by atoms with Gasteiger partial charge in [-0.15, -0.1) is 0 Å². The zero-order valence-corrected chi connectivity index (χ0v) is 16.8. The summed E-state index contributed by atoms with van der Waals surface area (Å²) in [5, 5.41) is 2.72. The molecule has 4 nitrogen and oxygen atoms in total. The van der Waals surface area contributed by atoms with Crippen molar-refractivity contribution in [2.45, 2.75) is 31.7 Å². The predicted molar refractivity (Wildman–Crippen MR) is 103 cm³/mol. The van der Waals surface area contributed by atoms with Crippen molar-refractivity contribution < 1.29 is 35.9 Å². The first-order valence-corrected chi connectivity index (χ1v) is 9.81. The molecule has 32 heavy (non-hydrogen) atoms. The van der Waals surface area contributed by atoms with E-state index in [1.165, 1.54) is 0 Å². The van der Waals surface area contributed by atoms with E-state index in [1.54, 1.807) is 0 Å². The first kappa shape index (κ1) is 23.6. The zero-order valence-electron chi connectivity index (χ0n) is 16.8. The summed E-state index contributed by atoms with van der Waals surface area (Å²) >= 11 is 0. The molecule has 1 unspecified atom stereocenters. The molecule has 10 heteroatoms. The minimum absolute atomic E-state index is 0.0400. The van der Waals surface area contributed by atoms with E-state index in [9.17, 15) is 35.9 Å². The van der Waals surface area contributed by atoms with Crippen LogP contribution in [-0.2, 0) is 34.9 Å². The molecule has 1 fully saturated rings. The van der Waals surface area contributed by atoms with Gasteiger partial charge in [-0.05, 0) is 35.7 Å². The first-order valence-electron chi connectivity index (χ1n) is 9.81. The number of benzene rings is 2. The van der Waals surface area contributed by atoms with E-state index in [-0.39, 0.29) is 30.5 Å². The Bertz CT molecular complexity index is 940. The van der Waals surface area contributed by atoms with Gasteiger partial charge in [-0.2, -0.15) is 26.3 Å². The molecule has 0 radical (unpaired) electrons. The highest BCUT2D eigenvalue weighted by Gasteiger charge is 2.38. The largest absolute Gasteiger partial charge is 0.416 e. The van der Waals surface area contributed by atoms with Crippen LogP contribution >= 0.6 is 0 Å². The van der Waals surface area contributed by atoms with E-state index in [2.05, 4.69) is 5.32 Å². The lowest BCUT2D eigenvalue weighted by Gasteiger charge is -2.19. The van der Waals surface area contributed by atoms with Gasteiger partial charge in [-0.3, -0.25) is 9.59 Å². The van der Waals surface area contributed by atoms with Crippen LogP contribution in [0.4, 0.5) is 26.3 Å². The van der Waals surface area contributed by atoms with Crippen molar-refractivity contribution in [1.29, 1.82) is 0 Å². The maximum absolute atomic E-state index is 13.0. The smallest absolute Gasteiger partial charge is 0.355 e. The van der Waals surface area contributed by atoms with Crippen LogP contribution in [0.15, 0.2) is 48.5 Å². The van der Waals surface area contributed by atoms with E-state index in [1.807, 2.05) is 30.3 Å². The number of amides is 2. The number of hydrogen-bond acceptors (Lipinski definition) is 2. The second-order valence-electron chi connectivity index (χ2n) is 7.62. The highest BCUT2D eigenvalue weighted by molar-refractivity contribution is 5.89. The van der Waals surface area contributed by atoms with E-state index in [4.69, 9.17) is 0 Å². The number of hydrogen-bond donors (Lipinski definition) is 1. The normalized spacial score (nSPS) is 17.0. The molecule has 172 valence electrons. The lowest BCUT2D eigenvalue weighted by molar-refractivity contribution is -0.143. The highest BCUT2D eigenvalue weighted by Crippen LogP contribution is 2.36. The summed E-state index contributed by atoms with van der Waals surface area (Å²) in [6, 6.07) is 10.6. The summed E-state index contributed by atoms with van der Waals surface area (Å²) in [6.45, 7) is -0.177. The van der Waals surface area contributed by atoms with Crippen molar-refractivity contribution in [3.8, 4) is 0 Å². The molecule has 1 aliphatic rings. The molecule has 0 saturated carbocycles. The molecular formula is C22H20F6N2O2. The number of nitrogens with one attached hydrogen (secondary N) is 1. The van der Waals surface area contributed by atoms with Crippen LogP contribution in [0.2, 0.25) is 0 Å². The predicted octanol–water partition coefficient (Wildman–Crippen LogP) is 4.43. The molecule has 2 aromatic rings. The Morgan fingerprint density at radius 3 is 2.09 bits per heavy atom. The van der Waals surface area contributed by atoms with Crippen molar-refractivity contribution in [3.63, 3.8) is 0 Å². The molecule has 3 rings (SSSR count). The molecule has 1 atom stereocenters. The molecule has 0 aromatic heterocycles. The van der Waals surface area contributed by atoms with Gasteiger partial charge in [-0.25, -0.2) is 0 Å². The molecule has 2 amide bonds. The molecule has 1 aliphatic heterocycles. The van der Waals surface area contributed by atoms with E-state index in [0.29, 0.717) is 25.1 Å². The Labute approximate surface area is 180 Å². The number of carbonyl (C=O) groups excluding carboxylic acids is 2. The minimum Gasteiger partial charge on any atom is -0.355 e. The summed E-state index contributed by atoms with van der Waals surface area (Å²) in [4.78, 5) is 25.7. The van der Waals surface area contributed by atoms with Gasteiger partial charge in [-0.1, -0.05) is 30.3 Å². The first-order chi connectivity index (χ1) is 14.9. The SMILES string of the molecule is O=C(NCCc1ccccc1)C1CC(=O)N(Cc2cc(C(F)(F)F)cc(C(F)(F)F)c2)C1. The molecule has 1 heterocycles. The molecule has 0 spiro atoms. The van der Waals surface area contributed by atoms with Gasteiger partial charge in [0.1, 0.15) is 0 Å². The molecular weight excluding hydrogens is 438 g/mol. The molecule has 2 aromatic carbocycles. The highest BCUT2D eigenvalue weighted by atomic mass is 19.4. The summed E-state index contributed by atoms with van der Waals surface area (Å²) in [5.41, 5.74) is -2.17. The summed E-state index contributed by atoms with van der Waals surface area (Å²) < 4.78 is 78.2. The van der Waals surface area contributed by atoms with Gasteiger partial charge >= 0.3 is 12.4 Å². The quantitative estimate of drug-likeness (QED) is 0.652. The Kier molecular flexibility index (Phi) is 6.80. The van der Waals surface area contributed by atoms with Crippen LogP contribution < -0.4 is 5.32 Å². The third kappa shape index (κ3) is 6.02. The average Bonchev–Trinajstić information content (AvgIpc) is 3.07. The standard InChI is InChI=1S/C22H20F6N2O2/c23-21(24,25)17-8-15(9-18(11-17)22(26,27)28)12-30-13-16(10-19(30)31)20(32)29-7-6-14-4-2-1-3-5-14/h1-5,8-9,11,16H,6-7,10,12-13H2,(H,29,32). The average molecular weight is 458 g/mol. The van der Waals surface area contributed by atoms with Crippen molar-refractivity contribution in [3.05, 3.63) is 70.8 Å².